The Hall–Kier alpha value is -1.66. The lowest BCUT2D eigenvalue weighted by Gasteiger charge is -2.22. The first-order chi connectivity index (χ1) is 11.1. The molecule has 23 heavy (non-hydrogen) atoms. The van der Waals surface area contributed by atoms with Crippen LogP contribution in [0.3, 0.4) is 0 Å². The van der Waals surface area contributed by atoms with Crippen LogP contribution in [0.4, 0.5) is 14.9 Å². The lowest BCUT2D eigenvalue weighted by Crippen LogP contribution is -2.34. The van der Waals surface area contributed by atoms with Gasteiger partial charge in [-0.3, -0.25) is 4.90 Å². The summed E-state index contributed by atoms with van der Waals surface area (Å²) in [5.41, 5.74) is 0.928. The van der Waals surface area contributed by atoms with Gasteiger partial charge < -0.3 is 15.7 Å². The van der Waals surface area contributed by atoms with Gasteiger partial charge in [0.25, 0.3) is 0 Å². The van der Waals surface area contributed by atoms with E-state index in [0.717, 1.165) is 38.8 Å². The maximum atomic E-state index is 13.4. The fourth-order valence-corrected chi connectivity index (χ4v) is 2.95. The first kappa shape index (κ1) is 17.7. The molecule has 0 aromatic heterocycles. The Morgan fingerprint density at radius 3 is 3.04 bits per heavy atom. The normalized spacial score (nSPS) is 18.1. The summed E-state index contributed by atoms with van der Waals surface area (Å²) < 4.78 is 13.4. The highest BCUT2D eigenvalue weighted by molar-refractivity contribution is 5.90. The van der Waals surface area contributed by atoms with E-state index >= 15 is 0 Å². The summed E-state index contributed by atoms with van der Waals surface area (Å²) in [4.78, 5) is 14.1. The Bertz CT molecular complexity index is 525. The molecule has 2 amide bonds. The Kier molecular flexibility index (Phi) is 6.80. The second kappa shape index (κ2) is 8.84. The number of carbonyl (C=O) groups is 1. The first-order valence-electron chi connectivity index (χ1n) is 8.26. The van der Waals surface area contributed by atoms with Gasteiger partial charge in [-0.1, -0.05) is 6.07 Å². The van der Waals surface area contributed by atoms with E-state index in [0.29, 0.717) is 23.8 Å². The number of aliphatic hydroxyl groups excluding tert-OH is 1. The SMILES string of the molecule is Cc1c(F)cccc1NC(=O)NCCCCN1CCCC1CO. The zero-order valence-electron chi connectivity index (χ0n) is 13.6. The monoisotopic (exact) mass is 323 g/mol. The van der Waals surface area contributed by atoms with Crippen LogP contribution in [0, 0.1) is 12.7 Å². The maximum Gasteiger partial charge on any atom is 0.319 e. The molecule has 6 heteroatoms. The van der Waals surface area contributed by atoms with E-state index in [1.54, 1.807) is 19.1 Å². The average Bonchev–Trinajstić information content (AvgIpc) is 2.99. The van der Waals surface area contributed by atoms with E-state index in [1.807, 2.05) is 0 Å². The molecule has 1 saturated heterocycles. The number of aliphatic hydroxyl groups is 1. The van der Waals surface area contributed by atoms with Crippen LogP contribution >= 0.6 is 0 Å². The van der Waals surface area contributed by atoms with Crippen LogP contribution < -0.4 is 10.6 Å². The van der Waals surface area contributed by atoms with Crippen LogP contribution in [0.5, 0.6) is 0 Å². The number of rotatable bonds is 7. The molecule has 0 saturated carbocycles. The highest BCUT2D eigenvalue weighted by atomic mass is 19.1. The molecule has 128 valence electrons. The van der Waals surface area contributed by atoms with Crippen LogP contribution in [0.2, 0.25) is 0 Å². The molecule has 1 fully saturated rings. The summed E-state index contributed by atoms with van der Waals surface area (Å²) in [5.74, 6) is -0.327. The number of unbranched alkanes of at least 4 members (excludes halogenated alkanes) is 1. The fourth-order valence-electron chi connectivity index (χ4n) is 2.95. The minimum absolute atomic E-state index is 0.230. The quantitative estimate of drug-likeness (QED) is 0.676. The van der Waals surface area contributed by atoms with Crippen molar-refractivity contribution in [2.24, 2.45) is 0 Å². The van der Waals surface area contributed by atoms with Crippen molar-refractivity contribution in [1.82, 2.24) is 10.2 Å². The zero-order chi connectivity index (χ0) is 16.7. The van der Waals surface area contributed by atoms with Gasteiger partial charge in [-0.2, -0.15) is 0 Å². The molecule has 1 atom stereocenters. The molecular weight excluding hydrogens is 297 g/mol. The van der Waals surface area contributed by atoms with Crippen molar-refractivity contribution in [3.8, 4) is 0 Å². The lowest BCUT2D eigenvalue weighted by molar-refractivity contribution is 0.157. The molecule has 1 aliphatic heterocycles. The predicted octanol–water partition coefficient (Wildman–Crippen LogP) is 2.49. The van der Waals surface area contributed by atoms with E-state index in [1.165, 1.54) is 6.07 Å². The molecule has 1 aliphatic rings. The molecule has 0 spiro atoms. The molecule has 2 rings (SSSR count). The van der Waals surface area contributed by atoms with Gasteiger partial charge in [0.2, 0.25) is 0 Å². The van der Waals surface area contributed by atoms with Crippen LogP contribution in [0.1, 0.15) is 31.2 Å². The van der Waals surface area contributed by atoms with E-state index in [-0.39, 0.29) is 18.5 Å². The molecule has 0 radical (unpaired) electrons. The number of likely N-dealkylation sites (tertiary alicyclic amines) is 1. The molecule has 1 heterocycles. The number of urea groups is 1. The minimum Gasteiger partial charge on any atom is -0.395 e. The number of nitrogens with zero attached hydrogens (tertiary/aromatic N) is 1. The van der Waals surface area contributed by atoms with Crippen molar-refractivity contribution in [3.05, 3.63) is 29.6 Å². The van der Waals surface area contributed by atoms with Crippen LogP contribution in [0.15, 0.2) is 18.2 Å². The van der Waals surface area contributed by atoms with Crippen LogP contribution in [-0.4, -0.2) is 48.3 Å². The van der Waals surface area contributed by atoms with Crippen LogP contribution in [-0.2, 0) is 0 Å². The molecule has 1 unspecified atom stereocenters. The first-order valence-corrected chi connectivity index (χ1v) is 8.26. The third-order valence-corrected chi connectivity index (χ3v) is 4.38. The number of hydrogen-bond acceptors (Lipinski definition) is 3. The van der Waals surface area contributed by atoms with E-state index in [4.69, 9.17) is 0 Å². The molecular formula is C17H26FN3O2. The highest BCUT2D eigenvalue weighted by Gasteiger charge is 2.22. The van der Waals surface area contributed by atoms with E-state index < -0.39 is 0 Å². The maximum absolute atomic E-state index is 13.4. The van der Waals surface area contributed by atoms with Crippen molar-refractivity contribution >= 4 is 11.7 Å². The van der Waals surface area contributed by atoms with Crippen molar-refractivity contribution in [1.29, 1.82) is 0 Å². The second-order valence-corrected chi connectivity index (χ2v) is 6.01. The van der Waals surface area contributed by atoms with Gasteiger partial charge in [-0.05, 0) is 57.8 Å². The molecule has 5 nitrogen and oxygen atoms in total. The van der Waals surface area contributed by atoms with Crippen molar-refractivity contribution in [2.45, 2.75) is 38.6 Å². The van der Waals surface area contributed by atoms with Gasteiger partial charge >= 0.3 is 6.03 Å². The van der Waals surface area contributed by atoms with Crippen LogP contribution in [0.25, 0.3) is 0 Å². The van der Waals surface area contributed by atoms with E-state index in [2.05, 4.69) is 15.5 Å². The van der Waals surface area contributed by atoms with Gasteiger partial charge in [-0.25, -0.2) is 9.18 Å². The molecule has 0 bridgehead atoms. The molecule has 0 aliphatic carbocycles. The Morgan fingerprint density at radius 1 is 1.43 bits per heavy atom. The third-order valence-electron chi connectivity index (χ3n) is 4.38. The number of benzene rings is 1. The number of nitrogens with one attached hydrogen (secondary N) is 2. The highest BCUT2D eigenvalue weighted by Crippen LogP contribution is 2.18. The number of carbonyl (C=O) groups excluding carboxylic acids is 1. The summed E-state index contributed by atoms with van der Waals surface area (Å²) in [5, 5.41) is 14.7. The second-order valence-electron chi connectivity index (χ2n) is 6.01. The summed E-state index contributed by atoms with van der Waals surface area (Å²) in [7, 11) is 0. The molecule has 1 aromatic carbocycles. The Labute approximate surface area is 136 Å². The third kappa shape index (κ3) is 5.18. The molecule has 3 N–H and O–H groups in total. The summed E-state index contributed by atoms with van der Waals surface area (Å²) >= 11 is 0. The van der Waals surface area contributed by atoms with Gasteiger partial charge in [-0.15, -0.1) is 0 Å². The number of anilines is 1. The van der Waals surface area contributed by atoms with Crippen molar-refractivity contribution in [3.63, 3.8) is 0 Å². The Balaban J connectivity index is 1.62. The van der Waals surface area contributed by atoms with Gasteiger partial charge in [0.05, 0.1) is 6.61 Å². The van der Waals surface area contributed by atoms with E-state index in [9.17, 15) is 14.3 Å². The van der Waals surface area contributed by atoms with Gasteiger partial charge in [0.15, 0.2) is 0 Å². The minimum atomic E-state index is -0.327. The predicted molar refractivity (Wildman–Crippen MR) is 89.1 cm³/mol. The Morgan fingerprint density at radius 2 is 2.26 bits per heavy atom. The van der Waals surface area contributed by atoms with Gasteiger partial charge in [0.1, 0.15) is 5.82 Å². The van der Waals surface area contributed by atoms with Crippen molar-refractivity contribution < 1.29 is 14.3 Å². The summed E-state index contributed by atoms with van der Waals surface area (Å²) in [6.45, 7) is 4.46. The molecule has 1 aromatic rings. The fraction of sp³-hybridized carbons (Fsp3) is 0.588. The summed E-state index contributed by atoms with van der Waals surface area (Å²) in [6, 6.07) is 4.62. The summed E-state index contributed by atoms with van der Waals surface area (Å²) in [6.07, 6.45) is 4.09. The van der Waals surface area contributed by atoms with Crippen molar-refractivity contribution in [2.75, 3.05) is 31.6 Å². The van der Waals surface area contributed by atoms with Gasteiger partial charge in [0, 0.05) is 23.8 Å². The largest absolute Gasteiger partial charge is 0.395 e. The lowest BCUT2D eigenvalue weighted by atomic mass is 10.2. The number of amides is 2. The topological polar surface area (TPSA) is 64.6 Å². The average molecular weight is 323 g/mol. The standard InChI is InChI=1S/C17H26FN3O2/c1-13-15(18)7-4-8-16(13)20-17(23)19-9-2-3-10-21-11-5-6-14(21)12-22/h4,7-8,14,22H,2-3,5-6,9-12H2,1H3,(H2,19,20,23). The number of hydrogen-bond donors (Lipinski definition) is 3. The zero-order valence-corrected chi connectivity index (χ0v) is 13.6. The number of halogens is 1. The smallest absolute Gasteiger partial charge is 0.319 e.